The molecule has 1 aromatic rings. The average molecular weight is 217 g/mol. The summed E-state index contributed by atoms with van der Waals surface area (Å²) in [6, 6.07) is 2.55. The van der Waals surface area contributed by atoms with Crippen molar-refractivity contribution in [2.24, 2.45) is 0 Å². The van der Waals surface area contributed by atoms with Gasteiger partial charge in [-0.25, -0.2) is 17.5 Å². The molecule has 0 radical (unpaired) electrons. The summed E-state index contributed by atoms with van der Waals surface area (Å²) in [5.74, 6) is -0.720. The van der Waals surface area contributed by atoms with Gasteiger partial charge in [-0.15, -0.1) is 0 Å². The van der Waals surface area contributed by atoms with Gasteiger partial charge in [0.25, 0.3) is 0 Å². The maximum atomic E-state index is 13.3. The Bertz CT molecular complexity index is 454. The highest BCUT2D eigenvalue weighted by molar-refractivity contribution is 7.89. The molecule has 0 spiro atoms. The van der Waals surface area contributed by atoms with Gasteiger partial charge in [0.2, 0.25) is 10.0 Å². The summed E-state index contributed by atoms with van der Waals surface area (Å²) in [4.78, 5) is -0.303. The van der Waals surface area contributed by atoms with Gasteiger partial charge in [0.1, 0.15) is 10.7 Å². The second kappa shape index (κ2) is 3.67. The fourth-order valence-corrected chi connectivity index (χ4v) is 1.94. The predicted molar refractivity (Wildman–Crippen MR) is 52.1 cm³/mol. The van der Waals surface area contributed by atoms with Crippen LogP contribution in [-0.2, 0) is 10.0 Å². The van der Waals surface area contributed by atoms with Crippen molar-refractivity contribution in [2.45, 2.75) is 18.7 Å². The van der Waals surface area contributed by atoms with E-state index in [9.17, 15) is 12.8 Å². The molecule has 0 aliphatic rings. The summed E-state index contributed by atoms with van der Waals surface area (Å²) in [6.07, 6.45) is 0. The minimum absolute atomic E-state index is 0.303. The summed E-state index contributed by atoms with van der Waals surface area (Å²) >= 11 is 0. The van der Waals surface area contributed by atoms with E-state index in [-0.39, 0.29) is 4.90 Å². The van der Waals surface area contributed by atoms with E-state index >= 15 is 0 Å². The summed E-state index contributed by atoms with van der Waals surface area (Å²) in [6.45, 7) is 3.47. The monoisotopic (exact) mass is 217 g/mol. The van der Waals surface area contributed by atoms with Crippen LogP contribution in [0.4, 0.5) is 4.39 Å². The molecule has 1 rings (SSSR count). The quantitative estimate of drug-likeness (QED) is 0.812. The Balaban J connectivity index is 3.45. The summed E-state index contributed by atoms with van der Waals surface area (Å²) < 4.78 is 38.0. The maximum Gasteiger partial charge on any atom is 0.243 e. The number of benzene rings is 1. The lowest BCUT2D eigenvalue weighted by Gasteiger charge is -2.07. The Kier molecular flexibility index (Phi) is 2.92. The molecule has 0 amide bonds. The molecule has 78 valence electrons. The zero-order valence-corrected chi connectivity index (χ0v) is 9.07. The van der Waals surface area contributed by atoms with E-state index in [4.69, 9.17) is 0 Å². The van der Waals surface area contributed by atoms with E-state index in [0.717, 1.165) is 11.1 Å². The van der Waals surface area contributed by atoms with E-state index in [2.05, 4.69) is 4.72 Å². The Hall–Kier alpha value is -0.940. The van der Waals surface area contributed by atoms with Gasteiger partial charge in [0.15, 0.2) is 0 Å². The first-order chi connectivity index (χ1) is 6.38. The molecular weight excluding hydrogens is 205 g/mol. The Labute approximate surface area is 83.0 Å². The molecule has 0 saturated heterocycles. The molecule has 0 fully saturated rings. The second-order valence-corrected chi connectivity index (χ2v) is 4.93. The van der Waals surface area contributed by atoms with E-state index in [1.807, 2.05) is 0 Å². The molecule has 0 aliphatic heterocycles. The third-order valence-electron chi connectivity index (χ3n) is 2.11. The Morgan fingerprint density at radius 1 is 1.21 bits per heavy atom. The topological polar surface area (TPSA) is 46.2 Å². The fraction of sp³-hybridized carbons (Fsp3) is 0.333. The summed E-state index contributed by atoms with van der Waals surface area (Å²) in [5, 5.41) is 0. The highest BCUT2D eigenvalue weighted by atomic mass is 32.2. The average Bonchev–Trinajstić information content (AvgIpc) is 2.11. The van der Waals surface area contributed by atoms with Gasteiger partial charge in [0.05, 0.1) is 0 Å². The smallest absolute Gasteiger partial charge is 0.214 e. The minimum atomic E-state index is -3.69. The van der Waals surface area contributed by atoms with Crippen LogP contribution >= 0.6 is 0 Å². The highest BCUT2D eigenvalue weighted by Gasteiger charge is 2.17. The number of halogens is 1. The molecule has 1 N–H and O–H groups in total. The van der Waals surface area contributed by atoms with Crippen LogP contribution in [0, 0.1) is 19.7 Å². The molecule has 0 heterocycles. The molecule has 1 aromatic carbocycles. The standard InChI is InChI=1S/C9H12FNO2S/c1-6-4-8(10)9(5-7(6)2)14(12,13)11-3/h4-5,11H,1-3H3. The molecule has 0 atom stereocenters. The molecule has 0 aliphatic carbocycles. The van der Waals surface area contributed by atoms with Crippen LogP contribution in [0.25, 0.3) is 0 Å². The highest BCUT2D eigenvalue weighted by Crippen LogP contribution is 2.18. The molecular formula is C9H12FNO2S. The van der Waals surface area contributed by atoms with Gasteiger partial charge in [-0.05, 0) is 44.2 Å². The third-order valence-corrected chi connectivity index (χ3v) is 3.54. The van der Waals surface area contributed by atoms with Crippen LogP contribution in [0.2, 0.25) is 0 Å². The molecule has 0 saturated carbocycles. The van der Waals surface area contributed by atoms with Crippen molar-refractivity contribution in [3.63, 3.8) is 0 Å². The number of hydrogen-bond donors (Lipinski definition) is 1. The molecule has 14 heavy (non-hydrogen) atoms. The third kappa shape index (κ3) is 1.93. The zero-order chi connectivity index (χ0) is 10.9. The Morgan fingerprint density at radius 2 is 1.71 bits per heavy atom. The molecule has 3 nitrogen and oxygen atoms in total. The van der Waals surface area contributed by atoms with Crippen LogP contribution in [0.3, 0.4) is 0 Å². The van der Waals surface area contributed by atoms with Crippen molar-refractivity contribution < 1.29 is 12.8 Å². The SMILES string of the molecule is CNS(=O)(=O)c1cc(C)c(C)cc1F. The summed E-state index contributed by atoms with van der Waals surface area (Å²) in [7, 11) is -2.44. The van der Waals surface area contributed by atoms with Gasteiger partial charge in [-0.2, -0.15) is 0 Å². The van der Waals surface area contributed by atoms with Gasteiger partial charge in [0, 0.05) is 0 Å². The van der Waals surface area contributed by atoms with Crippen LogP contribution in [0.1, 0.15) is 11.1 Å². The number of aryl methyl sites for hydroxylation is 2. The van der Waals surface area contributed by atoms with E-state index < -0.39 is 15.8 Å². The Morgan fingerprint density at radius 3 is 2.21 bits per heavy atom. The number of hydrogen-bond acceptors (Lipinski definition) is 2. The molecule has 0 bridgehead atoms. The van der Waals surface area contributed by atoms with Crippen molar-refractivity contribution in [3.8, 4) is 0 Å². The number of nitrogens with one attached hydrogen (secondary N) is 1. The van der Waals surface area contributed by atoms with Crippen molar-refractivity contribution in [1.29, 1.82) is 0 Å². The second-order valence-electron chi connectivity index (χ2n) is 3.07. The normalized spacial score (nSPS) is 11.7. The lowest BCUT2D eigenvalue weighted by Crippen LogP contribution is -2.20. The van der Waals surface area contributed by atoms with Crippen LogP contribution in [-0.4, -0.2) is 15.5 Å². The van der Waals surface area contributed by atoms with Gasteiger partial charge in [-0.3, -0.25) is 0 Å². The van der Waals surface area contributed by atoms with Crippen molar-refractivity contribution in [1.82, 2.24) is 4.72 Å². The predicted octanol–water partition coefficient (Wildman–Crippen LogP) is 1.35. The van der Waals surface area contributed by atoms with Crippen LogP contribution in [0.5, 0.6) is 0 Å². The largest absolute Gasteiger partial charge is 0.243 e. The minimum Gasteiger partial charge on any atom is -0.214 e. The first kappa shape index (κ1) is 11.1. The van der Waals surface area contributed by atoms with Crippen molar-refractivity contribution in [3.05, 3.63) is 29.1 Å². The number of rotatable bonds is 2. The van der Waals surface area contributed by atoms with Crippen LogP contribution < -0.4 is 4.72 Å². The zero-order valence-electron chi connectivity index (χ0n) is 8.26. The van der Waals surface area contributed by atoms with Gasteiger partial charge >= 0.3 is 0 Å². The van der Waals surface area contributed by atoms with Crippen molar-refractivity contribution >= 4 is 10.0 Å². The molecule has 0 aromatic heterocycles. The van der Waals surface area contributed by atoms with E-state index in [1.54, 1.807) is 13.8 Å². The lowest BCUT2D eigenvalue weighted by atomic mass is 10.1. The summed E-state index contributed by atoms with van der Waals surface area (Å²) in [5.41, 5.74) is 1.48. The first-order valence-corrected chi connectivity index (χ1v) is 5.57. The number of sulfonamides is 1. The molecule has 0 unspecified atom stereocenters. The first-order valence-electron chi connectivity index (χ1n) is 4.09. The van der Waals surface area contributed by atoms with E-state index in [0.29, 0.717) is 0 Å². The molecule has 5 heteroatoms. The lowest BCUT2D eigenvalue weighted by molar-refractivity contribution is 0.560. The van der Waals surface area contributed by atoms with Gasteiger partial charge in [-0.1, -0.05) is 0 Å². The van der Waals surface area contributed by atoms with Crippen molar-refractivity contribution in [2.75, 3.05) is 7.05 Å². The van der Waals surface area contributed by atoms with Crippen LogP contribution in [0.15, 0.2) is 17.0 Å². The van der Waals surface area contributed by atoms with Gasteiger partial charge < -0.3 is 0 Å². The van der Waals surface area contributed by atoms with E-state index in [1.165, 1.54) is 19.2 Å². The maximum absolute atomic E-state index is 13.3. The fourth-order valence-electron chi connectivity index (χ4n) is 1.07.